The molecule has 11 heteroatoms. The third-order valence-electron chi connectivity index (χ3n) is 7.57. The first-order valence-electron chi connectivity index (χ1n) is 13.0. The lowest BCUT2D eigenvalue weighted by molar-refractivity contribution is -0.135. The molecule has 3 aromatic heterocycles. The van der Waals surface area contributed by atoms with Crippen molar-refractivity contribution in [2.45, 2.75) is 6.92 Å². The molecule has 2 aliphatic rings. The molecule has 0 amide bonds. The fraction of sp³-hybridized carbons (Fsp3) is 0.357. The van der Waals surface area contributed by atoms with Crippen molar-refractivity contribution in [1.29, 1.82) is 0 Å². The topological polar surface area (TPSA) is 109 Å². The number of hydrogen-bond acceptors (Lipinski definition) is 8. The first-order chi connectivity index (χ1) is 18.8. The Hall–Kier alpha value is -4.38. The molecule has 11 nitrogen and oxygen atoms in total. The number of benzene rings is 1. The molecule has 0 unspecified atom stereocenters. The van der Waals surface area contributed by atoms with Crippen LogP contribution in [-0.4, -0.2) is 76.3 Å². The van der Waals surface area contributed by atoms with E-state index in [9.17, 15) is 14.7 Å². The Morgan fingerprint density at radius 1 is 1.00 bits per heavy atom. The summed E-state index contributed by atoms with van der Waals surface area (Å²) in [5, 5.41) is 14.9. The normalized spacial score (nSPS) is 15.6. The number of nitrogens with zero attached hydrogens (tertiary/aromatic N) is 7. The van der Waals surface area contributed by atoms with E-state index in [1.165, 1.54) is 0 Å². The highest BCUT2D eigenvalue weighted by Gasteiger charge is 2.28. The van der Waals surface area contributed by atoms with E-state index in [2.05, 4.69) is 27.0 Å². The maximum Gasteiger partial charge on any atom is 0.323 e. The smallest absolute Gasteiger partial charge is 0.323 e. The van der Waals surface area contributed by atoms with Gasteiger partial charge >= 0.3 is 5.97 Å². The molecule has 202 valence electrons. The summed E-state index contributed by atoms with van der Waals surface area (Å²) in [6.45, 7) is 5.65. The third-order valence-corrected chi connectivity index (χ3v) is 7.57. The number of aryl methyl sites for hydroxylation is 3. The number of aromatic nitrogens is 4. The molecule has 0 aliphatic carbocycles. The second-order valence-electron chi connectivity index (χ2n) is 10.1. The number of hydrogen-bond donors (Lipinski definition) is 1. The second kappa shape index (κ2) is 9.73. The number of ether oxygens (including phenoxy) is 1. The van der Waals surface area contributed by atoms with Crippen LogP contribution in [0.15, 0.2) is 47.7 Å². The summed E-state index contributed by atoms with van der Waals surface area (Å²) >= 11 is 0. The van der Waals surface area contributed by atoms with E-state index >= 15 is 0 Å². The average molecular weight is 530 g/mol. The first kappa shape index (κ1) is 24.9. The number of carboxylic acids is 1. The van der Waals surface area contributed by atoms with Gasteiger partial charge in [-0.15, -0.1) is 0 Å². The van der Waals surface area contributed by atoms with Gasteiger partial charge in [-0.3, -0.25) is 19.3 Å². The third kappa shape index (κ3) is 4.48. The van der Waals surface area contributed by atoms with E-state index in [-0.39, 0.29) is 12.1 Å². The molecule has 1 aromatic carbocycles. The molecule has 6 rings (SSSR count). The monoisotopic (exact) mass is 529 g/mol. The van der Waals surface area contributed by atoms with Crippen LogP contribution in [-0.2, 0) is 23.6 Å². The summed E-state index contributed by atoms with van der Waals surface area (Å²) in [6.07, 6.45) is 5.45. The zero-order chi connectivity index (χ0) is 27.3. The molecule has 0 spiro atoms. The summed E-state index contributed by atoms with van der Waals surface area (Å²) in [7, 11) is 3.66. The molecule has 39 heavy (non-hydrogen) atoms. The fourth-order valence-corrected chi connectivity index (χ4v) is 5.56. The standard InChI is InChI=1S/C28H31N7O4/c1-18-10-21-23(32(3)28(18)38)11-20(33-6-8-39-9-7-33)12-24(21)35-5-4-34(17-27(36)37)25-13-22(29-15-26(25)35)19-14-30-31(2)16-19/h10-16H,4-9,17H2,1-3H3,(H,36,37). The molecule has 4 aromatic rings. The van der Waals surface area contributed by atoms with Gasteiger partial charge in [0, 0.05) is 68.7 Å². The van der Waals surface area contributed by atoms with Gasteiger partial charge in [0.25, 0.3) is 5.56 Å². The van der Waals surface area contributed by atoms with Gasteiger partial charge in [-0.2, -0.15) is 5.10 Å². The summed E-state index contributed by atoms with van der Waals surface area (Å²) in [6, 6.07) is 8.15. The average Bonchev–Trinajstić information content (AvgIpc) is 3.38. The SMILES string of the molecule is Cc1cc2c(N3CCN(CC(=O)O)c4cc(-c5cnn(C)c5)ncc43)cc(N3CCOCC3)cc2n(C)c1=O. The van der Waals surface area contributed by atoms with Crippen LogP contribution in [0.25, 0.3) is 22.2 Å². The molecule has 2 aliphatic heterocycles. The Labute approximate surface area is 225 Å². The van der Waals surface area contributed by atoms with Crippen molar-refractivity contribution in [2.75, 3.05) is 60.6 Å². The highest BCUT2D eigenvalue weighted by atomic mass is 16.5. The minimum Gasteiger partial charge on any atom is -0.480 e. The number of carboxylic acid groups (broad SMARTS) is 1. The van der Waals surface area contributed by atoms with Gasteiger partial charge in [-0.1, -0.05) is 0 Å². The molecule has 0 saturated carbocycles. The van der Waals surface area contributed by atoms with Gasteiger partial charge in [0.15, 0.2) is 0 Å². The molecule has 1 N–H and O–H groups in total. The molecule has 0 radical (unpaired) electrons. The van der Waals surface area contributed by atoms with E-state index in [1.807, 2.05) is 50.4 Å². The molecule has 0 bridgehead atoms. The lowest BCUT2D eigenvalue weighted by Crippen LogP contribution is -2.42. The maximum absolute atomic E-state index is 12.9. The van der Waals surface area contributed by atoms with Crippen LogP contribution in [0.2, 0.25) is 0 Å². The molecular formula is C28H31N7O4. The van der Waals surface area contributed by atoms with E-state index in [0.29, 0.717) is 31.9 Å². The van der Waals surface area contributed by atoms with Gasteiger partial charge in [0.05, 0.1) is 53.9 Å². The molecular weight excluding hydrogens is 498 g/mol. The van der Waals surface area contributed by atoms with Crippen LogP contribution in [0.4, 0.5) is 22.7 Å². The lowest BCUT2D eigenvalue weighted by atomic mass is 10.0. The summed E-state index contributed by atoms with van der Waals surface area (Å²) in [4.78, 5) is 35.8. The number of anilines is 4. The van der Waals surface area contributed by atoms with Crippen LogP contribution < -0.4 is 20.3 Å². The number of pyridine rings is 2. The minimum absolute atomic E-state index is 0.0259. The molecule has 5 heterocycles. The highest BCUT2D eigenvalue weighted by Crippen LogP contribution is 2.43. The summed E-state index contributed by atoms with van der Waals surface area (Å²) in [5.41, 5.74) is 6.67. The van der Waals surface area contributed by atoms with Gasteiger partial charge in [-0.25, -0.2) is 0 Å². The van der Waals surface area contributed by atoms with Gasteiger partial charge in [-0.05, 0) is 31.2 Å². The number of rotatable bonds is 5. The van der Waals surface area contributed by atoms with Crippen molar-refractivity contribution in [2.24, 2.45) is 14.1 Å². The highest BCUT2D eigenvalue weighted by molar-refractivity contribution is 5.99. The number of aliphatic carboxylic acids is 1. The predicted octanol–water partition coefficient (Wildman–Crippen LogP) is 2.52. The zero-order valence-corrected chi connectivity index (χ0v) is 22.3. The fourth-order valence-electron chi connectivity index (χ4n) is 5.56. The van der Waals surface area contributed by atoms with E-state index in [4.69, 9.17) is 9.72 Å². The summed E-state index contributed by atoms with van der Waals surface area (Å²) < 4.78 is 9.01. The Morgan fingerprint density at radius 2 is 1.79 bits per heavy atom. The van der Waals surface area contributed by atoms with Gasteiger partial charge in [0.2, 0.25) is 0 Å². The Bertz CT molecular complexity index is 1640. The van der Waals surface area contributed by atoms with E-state index < -0.39 is 5.97 Å². The Balaban J connectivity index is 1.55. The van der Waals surface area contributed by atoms with Crippen LogP contribution >= 0.6 is 0 Å². The van der Waals surface area contributed by atoms with E-state index in [0.717, 1.165) is 58.0 Å². The molecule has 1 saturated heterocycles. The Morgan fingerprint density at radius 3 is 2.51 bits per heavy atom. The van der Waals surface area contributed by atoms with Crippen LogP contribution in [0.5, 0.6) is 0 Å². The van der Waals surface area contributed by atoms with Crippen LogP contribution in [0.3, 0.4) is 0 Å². The van der Waals surface area contributed by atoms with Crippen LogP contribution in [0.1, 0.15) is 5.56 Å². The molecule has 1 fully saturated rings. The van der Waals surface area contributed by atoms with Gasteiger partial charge in [0.1, 0.15) is 6.54 Å². The van der Waals surface area contributed by atoms with Gasteiger partial charge < -0.3 is 29.1 Å². The molecule has 0 atom stereocenters. The minimum atomic E-state index is -0.889. The van der Waals surface area contributed by atoms with Crippen molar-refractivity contribution >= 4 is 39.6 Å². The van der Waals surface area contributed by atoms with Crippen molar-refractivity contribution in [3.05, 3.63) is 58.8 Å². The van der Waals surface area contributed by atoms with E-state index in [1.54, 1.807) is 15.4 Å². The lowest BCUT2D eigenvalue weighted by Gasteiger charge is -2.39. The second-order valence-corrected chi connectivity index (χ2v) is 10.1. The zero-order valence-electron chi connectivity index (χ0n) is 22.3. The predicted molar refractivity (Wildman–Crippen MR) is 150 cm³/mol. The largest absolute Gasteiger partial charge is 0.480 e. The maximum atomic E-state index is 12.9. The number of fused-ring (bicyclic) bond motifs is 2. The Kier molecular flexibility index (Phi) is 6.22. The first-order valence-corrected chi connectivity index (χ1v) is 13.0. The van der Waals surface area contributed by atoms with Crippen molar-refractivity contribution in [3.63, 3.8) is 0 Å². The quantitative estimate of drug-likeness (QED) is 0.417. The van der Waals surface area contributed by atoms with Crippen molar-refractivity contribution < 1.29 is 14.6 Å². The summed E-state index contributed by atoms with van der Waals surface area (Å²) in [5.74, 6) is -0.889. The number of carbonyl (C=O) groups is 1. The number of morpholine rings is 1. The van der Waals surface area contributed by atoms with Crippen molar-refractivity contribution in [1.82, 2.24) is 19.3 Å². The van der Waals surface area contributed by atoms with Crippen molar-refractivity contribution in [3.8, 4) is 11.3 Å². The van der Waals surface area contributed by atoms with Crippen LogP contribution in [0, 0.1) is 6.92 Å².